The normalized spacial score (nSPS) is 11.5. The lowest BCUT2D eigenvalue weighted by Gasteiger charge is -1.96. The van der Waals surface area contributed by atoms with Crippen LogP contribution < -0.4 is 0 Å². The minimum absolute atomic E-state index is 0.694. The first-order valence-electron chi connectivity index (χ1n) is 6.13. The molecule has 0 spiro atoms. The molecular formula is C15H14N4. The molecule has 0 bridgehead atoms. The third-order valence-corrected chi connectivity index (χ3v) is 3.01. The average molecular weight is 250 g/mol. The van der Waals surface area contributed by atoms with Crippen molar-refractivity contribution in [1.82, 2.24) is 19.7 Å². The van der Waals surface area contributed by atoms with Gasteiger partial charge in [-0.05, 0) is 18.6 Å². The number of fused-ring (bicyclic) bond motifs is 1. The van der Waals surface area contributed by atoms with Crippen molar-refractivity contribution in [2.75, 3.05) is 0 Å². The van der Waals surface area contributed by atoms with Crippen molar-refractivity contribution in [1.29, 1.82) is 0 Å². The monoisotopic (exact) mass is 250 g/mol. The van der Waals surface area contributed by atoms with Gasteiger partial charge < -0.3 is 0 Å². The molecule has 0 aliphatic carbocycles. The van der Waals surface area contributed by atoms with E-state index in [-0.39, 0.29) is 0 Å². The molecule has 0 fully saturated rings. The molecule has 3 rings (SSSR count). The molecule has 0 N–H and O–H groups in total. The van der Waals surface area contributed by atoms with E-state index in [1.54, 1.807) is 4.68 Å². The van der Waals surface area contributed by atoms with Gasteiger partial charge in [0.2, 0.25) is 0 Å². The number of rotatable bonds is 2. The highest BCUT2D eigenvalue weighted by molar-refractivity contribution is 5.78. The minimum atomic E-state index is 0.694. The lowest BCUT2D eigenvalue weighted by atomic mass is 10.2. The van der Waals surface area contributed by atoms with E-state index in [1.165, 1.54) is 0 Å². The molecule has 0 atom stereocenters. The van der Waals surface area contributed by atoms with E-state index >= 15 is 0 Å². The summed E-state index contributed by atoms with van der Waals surface area (Å²) in [7, 11) is 1.90. The van der Waals surface area contributed by atoms with Crippen molar-refractivity contribution in [3.63, 3.8) is 0 Å². The fourth-order valence-electron chi connectivity index (χ4n) is 2.03. The Labute approximate surface area is 111 Å². The average Bonchev–Trinajstić information content (AvgIpc) is 2.73. The molecule has 0 radical (unpaired) electrons. The van der Waals surface area contributed by atoms with Gasteiger partial charge in [-0.1, -0.05) is 36.4 Å². The van der Waals surface area contributed by atoms with E-state index in [4.69, 9.17) is 0 Å². The second-order valence-electron chi connectivity index (χ2n) is 4.42. The van der Waals surface area contributed by atoms with Gasteiger partial charge in [0.05, 0.1) is 11.1 Å². The maximum absolute atomic E-state index is 4.51. The Morgan fingerprint density at radius 1 is 1.11 bits per heavy atom. The van der Waals surface area contributed by atoms with Crippen LogP contribution in [0.25, 0.3) is 23.2 Å². The standard InChI is InChI=1S/C15H14N4/c1-11-13-10-16-14(17-15(13)19(2)18-11)9-8-12-6-4-3-5-7-12/h3-10H,1-2H3. The Bertz CT molecular complexity index is 741. The molecule has 0 aliphatic rings. The van der Waals surface area contributed by atoms with Crippen LogP contribution in [0.1, 0.15) is 17.1 Å². The summed E-state index contributed by atoms with van der Waals surface area (Å²) in [6.45, 7) is 1.96. The number of hydrogen-bond acceptors (Lipinski definition) is 3. The van der Waals surface area contributed by atoms with Crippen LogP contribution in [0, 0.1) is 6.92 Å². The van der Waals surface area contributed by atoms with Gasteiger partial charge in [0.15, 0.2) is 11.5 Å². The molecule has 0 saturated heterocycles. The first-order valence-corrected chi connectivity index (χ1v) is 6.13. The highest BCUT2D eigenvalue weighted by Crippen LogP contribution is 2.14. The van der Waals surface area contributed by atoms with Crippen LogP contribution in [0.15, 0.2) is 36.5 Å². The van der Waals surface area contributed by atoms with Crippen LogP contribution in [0.3, 0.4) is 0 Å². The van der Waals surface area contributed by atoms with E-state index in [9.17, 15) is 0 Å². The Kier molecular flexibility index (Phi) is 2.83. The van der Waals surface area contributed by atoms with Gasteiger partial charge >= 0.3 is 0 Å². The maximum Gasteiger partial charge on any atom is 0.161 e. The summed E-state index contributed by atoms with van der Waals surface area (Å²) >= 11 is 0. The van der Waals surface area contributed by atoms with Crippen molar-refractivity contribution < 1.29 is 0 Å². The van der Waals surface area contributed by atoms with E-state index in [2.05, 4.69) is 15.1 Å². The SMILES string of the molecule is Cc1nn(C)c2nc(C=Cc3ccccc3)ncc12. The third-order valence-electron chi connectivity index (χ3n) is 3.01. The summed E-state index contributed by atoms with van der Waals surface area (Å²) < 4.78 is 1.78. The van der Waals surface area contributed by atoms with Gasteiger partial charge in [0, 0.05) is 13.2 Å². The van der Waals surface area contributed by atoms with E-state index in [0.29, 0.717) is 5.82 Å². The van der Waals surface area contributed by atoms with Crippen LogP contribution >= 0.6 is 0 Å². The van der Waals surface area contributed by atoms with Crippen molar-refractivity contribution in [2.24, 2.45) is 7.05 Å². The Morgan fingerprint density at radius 2 is 1.89 bits per heavy atom. The van der Waals surface area contributed by atoms with Gasteiger partial charge in [-0.25, -0.2) is 9.97 Å². The molecule has 19 heavy (non-hydrogen) atoms. The van der Waals surface area contributed by atoms with Crippen molar-refractivity contribution in [3.8, 4) is 0 Å². The number of nitrogens with zero attached hydrogens (tertiary/aromatic N) is 4. The molecule has 0 saturated carbocycles. The summed E-state index contributed by atoms with van der Waals surface area (Å²) in [5.41, 5.74) is 2.95. The fraction of sp³-hybridized carbons (Fsp3) is 0.133. The molecule has 4 heteroatoms. The van der Waals surface area contributed by atoms with E-state index in [0.717, 1.165) is 22.3 Å². The van der Waals surface area contributed by atoms with Gasteiger partial charge in [0.25, 0.3) is 0 Å². The Hall–Kier alpha value is -2.49. The summed E-state index contributed by atoms with van der Waals surface area (Å²) in [6, 6.07) is 10.1. The van der Waals surface area contributed by atoms with Crippen LogP contribution in [-0.4, -0.2) is 19.7 Å². The zero-order valence-electron chi connectivity index (χ0n) is 10.9. The highest BCUT2D eigenvalue weighted by atomic mass is 15.3. The van der Waals surface area contributed by atoms with Gasteiger partial charge in [0.1, 0.15) is 0 Å². The molecule has 2 aromatic heterocycles. The van der Waals surface area contributed by atoms with Gasteiger partial charge in [-0.15, -0.1) is 0 Å². The predicted octanol–water partition coefficient (Wildman–Crippen LogP) is 2.84. The van der Waals surface area contributed by atoms with Crippen LogP contribution in [0.4, 0.5) is 0 Å². The van der Waals surface area contributed by atoms with Crippen LogP contribution in [0.5, 0.6) is 0 Å². The zero-order valence-corrected chi connectivity index (χ0v) is 10.9. The number of benzene rings is 1. The molecule has 0 unspecified atom stereocenters. The van der Waals surface area contributed by atoms with Crippen LogP contribution in [-0.2, 0) is 7.05 Å². The first-order chi connectivity index (χ1) is 9.24. The second kappa shape index (κ2) is 4.65. The topological polar surface area (TPSA) is 43.6 Å². The Morgan fingerprint density at radius 3 is 2.68 bits per heavy atom. The van der Waals surface area contributed by atoms with E-state index < -0.39 is 0 Å². The maximum atomic E-state index is 4.51. The molecule has 3 aromatic rings. The summed E-state index contributed by atoms with van der Waals surface area (Å²) in [4.78, 5) is 8.86. The summed E-state index contributed by atoms with van der Waals surface area (Å²) in [5, 5.41) is 5.34. The summed E-state index contributed by atoms with van der Waals surface area (Å²) in [5.74, 6) is 0.694. The fourth-order valence-corrected chi connectivity index (χ4v) is 2.03. The minimum Gasteiger partial charge on any atom is -0.250 e. The lowest BCUT2D eigenvalue weighted by Crippen LogP contribution is -1.94. The van der Waals surface area contributed by atoms with Crippen molar-refractivity contribution >= 4 is 23.2 Å². The molecule has 2 heterocycles. The van der Waals surface area contributed by atoms with Crippen molar-refractivity contribution in [3.05, 3.63) is 53.6 Å². The number of hydrogen-bond donors (Lipinski definition) is 0. The third kappa shape index (κ3) is 2.25. The number of aryl methyl sites for hydroxylation is 2. The largest absolute Gasteiger partial charge is 0.250 e. The summed E-state index contributed by atoms with van der Waals surface area (Å²) in [6.07, 6.45) is 5.75. The van der Waals surface area contributed by atoms with E-state index in [1.807, 2.05) is 62.7 Å². The molecule has 0 aliphatic heterocycles. The Balaban J connectivity index is 1.98. The highest BCUT2D eigenvalue weighted by Gasteiger charge is 2.06. The lowest BCUT2D eigenvalue weighted by molar-refractivity contribution is 0.772. The molecule has 0 amide bonds. The second-order valence-corrected chi connectivity index (χ2v) is 4.42. The van der Waals surface area contributed by atoms with Crippen LogP contribution in [0.2, 0.25) is 0 Å². The number of aromatic nitrogens is 4. The van der Waals surface area contributed by atoms with Gasteiger partial charge in [-0.3, -0.25) is 4.68 Å². The quantitative estimate of drug-likeness (QED) is 0.702. The molecule has 94 valence electrons. The zero-order chi connectivity index (χ0) is 13.2. The molecule has 4 nitrogen and oxygen atoms in total. The van der Waals surface area contributed by atoms with Gasteiger partial charge in [-0.2, -0.15) is 5.10 Å². The smallest absolute Gasteiger partial charge is 0.161 e. The first kappa shape index (κ1) is 11.6. The predicted molar refractivity (Wildman–Crippen MR) is 76.4 cm³/mol. The molecule has 1 aromatic carbocycles. The van der Waals surface area contributed by atoms with Crippen molar-refractivity contribution in [2.45, 2.75) is 6.92 Å². The molecular weight excluding hydrogens is 236 g/mol.